The van der Waals surface area contributed by atoms with Crippen LogP contribution in [0, 0.1) is 13.8 Å². The molecule has 5 nitrogen and oxygen atoms in total. The van der Waals surface area contributed by atoms with E-state index in [1.807, 2.05) is 19.9 Å². The minimum Gasteiger partial charge on any atom is -0.327 e. The highest BCUT2D eigenvalue weighted by Gasteiger charge is 2.37. The van der Waals surface area contributed by atoms with Crippen molar-refractivity contribution in [1.82, 2.24) is 10.2 Å². The maximum atomic E-state index is 12.1. The van der Waals surface area contributed by atoms with Gasteiger partial charge in [-0.25, -0.2) is 0 Å². The number of amides is 1. The third kappa shape index (κ3) is 3.92. The second kappa shape index (κ2) is 7.02. The van der Waals surface area contributed by atoms with Crippen LogP contribution in [-0.2, 0) is 0 Å². The van der Waals surface area contributed by atoms with E-state index in [0.29, 0.717) is 15.9 Å². The average Bonchev–Trinajstić information content (AvgIpc) is 2.75. The van der Waals surface area contributed by atoms with Crippen LogP contribution in [-0.4, -0.2) is 22.1 Å². The minimum absolute atomic E-state index is 0. The number of halogens is 2. The molecule has 0 aliphatic heterocycles. The van der Waals surface area contributed by atoms with Gasteiger partial charge >= 0.3 is 0 Å². The zero-order valence-corrected chi connectivity index (χ0v) is 14.7. The van der Waals surface area contributed by atoms with Crippen LogP contribution in [0.3, 0.4) is 0 Å². The third-order valence-corrected chi connectivity index (χ3v) is 4.98. The molecule has 1 amide bonds. The van der Waals surface area contributed by atoms with Gasteiger partial charge in [0.15, 0.2) is 0 Å². The number of aryl methyl sites for hydroxylation is 2. The van der Waals surface area contributed by atoms with Gasteiger partial charge < -0.3 is 5.73 Å². The number of rotatable bonds is 3. The lowest BCUT2D eigenvalue weighted by Gasteiger charge is -1.96. The number of nitrogens with zero attached hydrogens (tertiary/aromatic N) is 2. The topological polar surface area (TPSA) is 80.9 Å². The van der Waals surface area contributed by atoms with Gasteiger partial charge in [0.25, 0.3) is 5.91 Å². The van der Waals surface area contributed by atoms with Crippen molar-refractivity contribution in [3.8, 4) is 0 Å². The second-order valence-corrected chi connectivity index (χ2v) is 7.15. The molecule has 1 fully saturated rings. The van der Waals surface area contributed by atoms with E-state index < -0.39 is 0 Å². The molecule has 21 heavy (non-hydrogen) atoms. The van der Waals surface area contributed by atoms with Crippen LogP contribution in [0.25, 0.3) is 0 Å². The van der Waals surface area contributed by atoms with Crippen LogP contribution in [0.4, 0.5) is 5.13 Å². The smallest absolute Gasteiger partial charge is 0.267 e. The summed E-state index contributed by atoms with van der Waals surface area (Å²) in [6, 6.07) is 2.22. The van der Waals surface area contributed by atoms with Gasteiger partial charge in [-0.15, -0.1) is 46.3 Å². The highest BCUT2D eigenvalue weighted by molar-refractivity contribution is 7.16. The molecule has 3 rings (SSSR count). The monoisotopic (exact) mass is 366 g/mol. The zero-order valence-electron chi connectivity index (χ0n) is 11.5. The molecule has 9 heteroatoms. The number of nitrogens with two attached hydrogens (primary N) is 1. The standard InChI is InChI=1S/C12H14N4OS2.2ClH/c1-5-7(8-3-9(8)13)4-10(18-5)11(17)14-12-16-15-6(2)19-12;;/h4,8-9H,3,13H2,1-2H3,(H,14,16,17);2*1H/t8-,9+;;/m0../s1. The molecule has 2 aromatic heterocycles. The van der Waals surface area contributed by atoms with E-state index in [2.05, 4.69) is 15.5 Å². The third-order valence-electron chi connectivity index (χ3n) is 3.17. The van der Waals surface area contributed by atoms with Crippen molar-refractivity contribution in [2.75, 3.05) is 5.32 Å². The summed E-state index contributed by atoms with van der Waals surface area (Å²) in [7, 11) is 0. The molecule has 1 saturated carbocycles. The van der Waals surface area contributed by atoms with E-state index in [1.165, 1.54) is 33.1 Å². The molecule has 0 unspecified atom stereocenters. The summed E-state index contributed by atoms with van der Waals surface area (Å²) >= 11 is 2.88. The fraction of sp³-hybridized carbons (Fsp3) is 0.417. The molecule has 1 aliphatic carbocycles. The Kier molecular flexibility index (Phi) is 6.12. The molecule has 3 N–H and O–H groups in total. The van der Waals surface area contributed by atoms with Crippen molar-refractivity contribution in [3.63, 3.8) is 0 Å². The number of nitrogens with one attached hydrogen (secondary N) is 1. The van der Waals surface area contributed by atoms with Crippen molar-refractivity contribution in [2.45, 2.75) is 32.2 Å². The SMILES string of the molecule is Cc1nnc(NC(=O)c2cc([C@@H]3C[C@H]3N)c(C)s2)s1.Cl.Cl. The van der Waals surface area contributed by atoms with Crippen molar-refractivity contribution in [1.29, 1.82) is 0 Å². The summed E-state index contributed by atoms with van der Waals surface area (Å²) in [6.45, 7) is 3.89. The van der Waals surface area contributed by atoms with E-state index in [9.17, 15) is 4.79 Å². The van der Waals surface area contributed by atoms with Crippen molar-refractivity contribution < 1.29 is 4.79 Å². The van der Waals surface area contributed by atoms with Gasteiger partial charge in [0.05, 0.1) is 4.88 Å². The van der Waals surface area contributed by atoms with Crippen molar-refractivity contribution >= 4 is 58.5 Å². The van der Waals surface area contributed by atoms with Crippen LogP contribution < -0.4 is 11.1 Å². The summed E-state index contributed by atoms with van der Waals surface area (Å²) in [4.78, 5) is 14.0. The van der Waals surface area contributed by atoms with Gasteiger partial charge in [-0.3, -0.25) is 10.1 Å². The molecule has 2 heterocycles. The van der Waals surface area contributed by atoms with Gasteiger partial charge in [-0.05, 0) is 31.9 Å². The van der Waals surface area contributed by atoms with Crippen molar-refractivity contribution in [2.24, 2.45) is 5.73 Å². The van der Waals surface area contributed by atoms with Crippen LogP contribution >= 0.6 is 47.5 Å². The van der Waals surface area contributed by atoms with Crippen LogP contribution in [0.5, 0.6) is 0 Å². The van der Waals surface area contributed by atoms with Gasteiger partial charge in [-0.2, -0.15) is 0 Å². The summed E-state index contributed by atoms with van der Waals surface area (Å²) in [5.41, 5.74) is 7.09. The van der Waals surface area contributed by atoms with Gasteiger partial charge in [-0.1, -0.05) is 11.3 Å². The quantitative estimate of drug-likeness (QED) is 0.873. The van der Waals surface area contributed by atoms with Crippen molar-refractivity contribution in [3.05, 3.63) is 26.4 Å². The predicted octanol–water partition coefficient (Wildman–Crippen LogP) is 3.13. The number of carbonyl (C=O) groups is 1. The Morgan fingerprint density at radius 3 is 2.52 bits per heavy atom. The lowest BCUT2D eigenvalue weighted by atomic mass is 10.1. The van der Waals surface area contributed by atoms with Gasteiger partial charge in [0, 0.05) is 16.8 Å². The summed E-state index contributed by atoms with van der Waals surface area (Å²) in [6.07, 6.45) is 1.02. The molecule has 0 radical (unpaired) electrons. The van der Waals surface area contributed by atoms with Gasteiger partial charge in [0.2, 0.25) is 5.13 Å². The van der Waals surface area contributed by atoms with E-state index in [4.69, 9.17) is 5.73 Å². The number of thiophene rings is 1. The fourth-order valence-electron chi connectivity index (χ4n) is 2.05. The largest absolute Gasteiger partial charge is 0.327 e. The molecule has 116 valence electrons. The predicted molar refractivity (Wildman–Crippen MR) is 91.5 cm³/mol. The number of hydrogen-bond donors (Lipinski definition) is 2. The molecule has 0 bridgehead atoms. The fourth-order valence-corrected chi connectivity index (χ4v) is 3.63. The lowest BCUT2D eigenvalue weighted by molar-refractivity contribution is 0.103. The molecule has 2 aromatic rings. The highest BCUT2D eigenvalue weighted by atomic mass is 35.5. The first-order valence-electron chi connectivity index (χ1n) is 6.02. The molecule has 0 saturated heterocycles. The Morgan fingerprint density at radius 2 is 2.00 bits per heavy atom. The number of carbonyl (C=O) groups excluding carboxylic acids is 1. The second-order valence-electron chi connectivity index (χ2n) is 4.71. The number of anilines is 1. The van der Waals surface area contributed by atoms with Gasteiger partial charge in [0.1, 0.15) is 5.01 Å². The average molecular weight is 367 g/mol. The maximum absolute atomic E-state index is 12.1. The number of hydrogen-bond acceptors (Lipinski definition) is 6. The first kappa shape index (κ1) is 18.3. The molecular weight excluding hydrogens is 351 g/mol. The summed E-state index contributed by atoms with van der Waals surface area (Å²) in [5.74, 6) is 0.311. The Morgan fingerprint density at radius 1 is 1.33 bits per heavy atom. The molecule has 1 aliphatic rings. The van der Waals surface area contributed by atoms with Crippen LogP contribution in [0.1, 0.15) is 37.5 Å². The van der Waals surface area contributed by atoms with E-state index in [1.54, 1.807) is 0 Å². The zero-order chi connectivity index (χ0) is 13.6. The summed E-state index contributed by atoms with van der Waals surface area (Å²) < 4.78 is 0. The maximum Gasteiger partial charge on any atom is 0.267 e. The Hall–Kier alpha value is -0.730. The van der Waals surface area contributed by atoms with Crippen LogP contribution in [0.2, 0.25) is 0 Å². The van der Waals surface area contributed by atoms with E-state index in [0.717, 1.165) is 11.4 Å². The summed E-state index contributed by atoms with van der Waals surface area (Å²) in [5, 5.41) is 11.9. The molecule has 0 aromatic carbocycles. The van der Waals surface area contributed by atoms with E-state index in [-0.39, 0.29) is 36.8 Å². The Bertz CT molecular complexity index is 643. The van der Waals surface area contributed by atoms with E-state index >= 15 is 0 Å². The highest BCUT2D eigenvalue weighted by Crippen LogP contribution is 2.43. The lowest BCUT2D eigenvalue weighted by Crippen LogP contribution is -2.09. The van der Waals surface area contributed by atoms with Crippen LogP contribution in [0.15, 0.2) is 6.07 Å². The molecule has 2 atom stereocenters. The molecule has 0 spiro atoms. The Balaban J connectivity index is 0.00000110. The minimum atomic E-state index is -0.121. The Labute approximate surface area is 143 Å². The first-order chi connectivity index (χ1) is 9.04. The normalized spacial score (nSPS) is 19.4. The number of aromatic nitrogens is 2. The molecular formula is C12H16Cl2N4OS2. The first-order valence-corrected chi connectivity index (χ1v) is 7.65.